The number of hydrogen-bond donors (Lipinski definition) is 0. The van der Waals surface area contributed by atoms with E-state index in [0.717, 1.165) is 5.56 Å². The van der Waals surface area contributed by atoms with Crippen molar-refractivity contribution in [1.29, 1.82) is 0 Å². The van der Waals surface area contributed by atoms with Crippen LogP contribution in [0.15, 0.2) is 47.1 Å². The van der Waals surface area contributed by atoms with Gasteiger partial charge in [0.05, 0.1) is 0 Å². The first kappa shape index (κ1) is 14.0. The number of pyridine rings is 1. The fourth-order valence-corrected chi connectivity index (χ4v) is 2.26. The molecule has 1 aromatic carbocycles. The molecule has 0 aliphatic heterocycles. The van der Waals surface area contributed by atoms with Crippen LogP contribution >= 0.6 is 27.5 Å². The third kappa shape index (κ3) is 3.78. The summed E-state index contributed by atoms with van der Waals surface area (Å²) in [4.78, 5) is 18.0. The van der Waals surface area contributed by atoms with Gasteiger partial charge < -0.3 is 4.90 Å². The molecule has 0 unspecified atom stereocenters. The fourth-order valence-electron chi connectivity index (χ4n) is 1.70. The lowest BCUT2D eigenvalue weighted by Crippen LogP contribution is -2.27. The van der Waals surface area contributed by atoms with Crippen LogP contribution in [0.4, 0.5) is 0 Å². The van der Waals surface area contributed by atoms with Crippen molar-refractivity contribution in [2.75, 3.05) is 7.05 Å². The van der Waals surface area contributed by atoms with Crippen molar-refractivity contribution < 1.29 is 4.79 Å². The number of carbonyl (C=O) groups is 1. The Kier molecular flexibility index (Phi) is 4.56. The summed E-state index contributed by atoms with van der Waals surface area (Å²) in [5, 5.41) is 0.666. The average molecular weight is 340 g/mol. The van der Waals surface area contributed by atoms with Crippen molar-refractivity contribution >= 4 is 33.4 Å². The van der Waals surface area contributed by atoms with Crippen LogP contribution in [0.1, 0.15) is 16.1 Å². The standard InChI is InChI=1S/C14H12BrClN2O/c1-18(9-10-4-2-5-11(16)8-10)14(19)12-6-3-7-13(15)17-12/h2-8H,9H2,1H3. The normalized spacial score (nSPS) is 10.3. The maximum atomic E-state index is 12.2. The van der Waals surface area contributed by atoms with Crippen molar-refractivity contribution in [2.24, 2.45) is 0 Å². The summed E-state index contributed by atoms with van der Waals surface area (Å²) < 4.78 is 0.648. The Labute approximate surface area is 125 Å². The van der Waals surface area contributed by atoms with E-state index in [1.807, 2.05) is 24.3 Å². The Hall–Kier alpha value is -1.39. The Bertz CT molecular complexity index is 604. The van der Waals surface area contributed by atoms with Gasteiger partial charge >= 0.3 is 0 Å². The highest BCUT2D eigenvalue weighted by Gasteiger charge is 2.13. The Morgan fingerprint density at radius 3 is 2.74 bits per heavy atom. The van der Waals surface area contributed by atoms with E-state index in [4.69, 9.17) is 11.6 Å². The van der Waals surface area contributed by atoms with Crippen LogP contribution in [0.2, 0.25) is 5.02 Å². The number of amides is 1. The second-order valence-electron chi connectivity index (χ2n) is 4.14. The van der Waals surface area contributed by atoms with Crippen molar-refractivity contribution in [1.82, 2.24) is 9.88 Å². The molecule has 0 N–H and O–H groups in total. The van der Waals surface area contributed by atoms with Crippen molar-refractivity contribution in [3.8, 4) is 0 Å². The quantitative estimate of drug-likeness (QED) is 0.798. The van der Waals surface area contributed by atoms with Crippen molar-refractivity contribution in [3.63, 3.8) is 0 Å². The minimum Gasteiger partial charge on any atom is -0.336 e. The molecular formula is C14H12BrClN2O. The Morgan fingerprint density at radius 1 is 1.32 bits per heavy atom. The predicted octanol–water partition coefficient (Wildman–Crippen LogP) is 3.77. The predicted molar refractivity (Wildman–Crippen MR) is 79.2 cm³/mol. The smallest absolute Gasteiger partial charge is 0.272 e. The van der Waals surface area contributed by atoms with E-state index in [-0.39, 0.29) is 5.91 Å². The Balaban J connectivity index is 2.12. The van der Waals surface area contributed by atoms with E-state index >= 15 is 0 Å². The maximum Gasteiger partial charge on any atom is 0.272 e. The SMILES string of the molecule is CN(Cc1cccc(Cl)c1)C(=O)c1cccc(Br)n1. The highest BCUT2D eigenvalue weighted by molar-refractivity contribution is 9.10. The number of benzene rings is 1. The van der Waals surface area contributed by atoms with Crippen LogP contribution in [0.25, 0.3) is 0 Å². The third-order valence-electron chi connectivity index (χ3n) is 2.59. The molecule has 0 bridgehead atoms. The van der Waals surface area contributed by atoms with E-state index in [9.17, 15) is 4.79 Å². The van der Waals surface area contributed by atoms with Crippen LogP contribution in [0.5, 0.6) is 0 Å². The average Bonchev–Trinajstić information content (AvgIpc) is 2.38. The van der Waals surface area contributed by atoms with E-state index < -0.39 is 0 Å². The molecule has 1 amide bonds. The van der Waals surface area contributed by atoms with Gasteiger partial charge in [0.1, 0.15) is 10.3 Å². The van der Waals surface area contributed by atoms with Gasteiger partial charge in [-0.3, -0.25) is 4.79 Å². The molecule has 1 aromatic heterocycles. The summed E-state index contributed by atoms with van der Waals surface area (Å²) in [7, 11) is 1.74. The molecule has 19 heavy (non-hydrogen) atoms. The monoisotopic (exact) mass is 338 g/mol. The van der Waals surface area contributed by atoms with Crippen LogP contribution in [-0.4, -0.2) is 22.8 Å². The fraction of sp³-hybridized carbons (Fsp3) is 0.143. The first-order valence-corrected chi connectivity index (χ1v) is 6.86. The number of nitrogens with zero attached hydrogens (tertiary/aromatic N) is 2. The molecule has 0 atom stereocenters. The lowest BCUT2D eigenvalue weighted by atomic mass is 10.2. The second-order valence-corrected chi connectivity index (χ2v) is 5.39. The van der Waals surface area contributed by atoms with Gasteiger partial charge in [-0.15, -0.1) is 0 Å². The minimum absolute atomic E-state index is 0.124. The van der Waals surface area contributed by atoms with Gasteiger partial charge in [-0.05, 0) is 45.8 Å². The number of aromatic nitrogens is 1. The summed E-state index contributed by atoms with van der Waals surface area (Å²) >= 11 is 9.18. The van der Waals surface area contributed by atoms with E-state index in [0.29, 0.717) is 21.9 Å². The van der Waals surface area contributed by atoms with Crippen LogP contribution in [-0.2, 0) is 6.54 Å². The van der Waals surface area contributed by atoms with Crippen LogP contribution in [0, 0.1) is 0 Å². The molecule has 3 nitrogen and oxygen atoms in total. The molecule has 98 valence electrons. The first-order chi connectivity index (χ1) is 9.06. The molecule has 0 radical (unpaired) electrons. The van der Waals surface area contributed by atoms with E-state index in [1.165, 1.54) is 0 Å². The summed E-state index contributed by atoms with van der Waals surface area (Å²) in [6.07, 6.45) is 0. The van der Waals surface area contributed by atoms with E-state index in [1.54, 1.807) is 30.1 Å². The van der Waals surface area contributed by atoms with Crippen LogP contribution in [0.3, 0.4) is 0 Å². The van der Waals surface area contributed by atoms with Crippen molar-refractivity contribution in [3.05, 3.63) is 63.3 Å². The molecule has 0 saturated carbocycles. The number of carbonyl (C=O) groups excluding carboxylic acids is 1. The highest BCUT2D eigenvalue weighted by Crippen LogP contribution is 2.14. The van der Waals surface area contributed by atoms with Crippen molar-refractivity contribution in [2.45, 2.75) is 6.54 Å². The zero-order chi connectivity index (χ0) is 13.8. The molecule has 0 aliphatic rings. The minimum atomic E-state index is -0.124. The molecule has 5 heteroatoms. The Morgan fingerprint density at radius 2 is 2.05 bits per heavy atom. The molecule has 2 rings (SSSR count). The number of hydrogen-bond acceptors (Lipinski definition) is 2. The van der Waals surface area contributed by atoms with E-state index in [2.05, 4.69) is 20.9 Å². The first-order valence-electron chi connectivity index (χ1n) is 5.69. The number of halogens is 2. The summed E-state index contributed by atoms with van der Waals surface area (Å²) in [6, 6.07) is 12.7. The largest absolute Gasteiger partial charge is 0.336 e. The third-order valence-corrected chi connectivity index (χ3v) is 3.27. The molecule has 0 aliphatic carbocycles. The second kappa shape index (κ2) is 6.17. The lowest BCUT2D eigenvalue weighted by molar-refractivity contribution is 0.0779. The number of rotatable bonds is 3. The summed E-state index contributed by atoms with van der Waals surface area (Å²) in [5.74, 6) is -0.124. The van der Waals surface area contributed by atoms with Gasteiger partial charge in [0.15, 0.2) is 0 Å². The molecule has 1 heterocycles. The molecule has 0 saturated heterocycles. The molecule has 0 fully saturated rings. The zero-order valence-electron chi connectivity index (χ0n) is 10.3. The maximum absolute atomic E-state index is 12.2. The van der Waals surface area contributed by atoms with Gasteiger partial charge in [0.25, 0.3) is 5.91 Å². The summed E-state index contributed by atoms with van der Waals surface area (Å²) in [6.45, 7) is 0.494. The van der Waals surface area contributed by atoms with Gasteiger partial charge in [0.2, 0.25) is 0 Å². The van der Waals surface area contributed by atoms with Gasteiger partial charge in [-0.25, -0.2) is 4.98 Å². The van der Waals surface area contributed by atoms with Gasteiger partial charge in [-0.2, -0.15) is 0 Å². The lowest BCUT2D eigenvalue weighted by Gasteiger charge is -2.17. The zero-order valence-corrected chi connectivity index (χ0v) is 12.6. The topological polar surface area (TPSA) is 33.2 Å². The summed E-state index contributed by atoms with van der Waals surface area (Å²) in [5.41, 5.74) is 1.40. The van der Waals surface area contributed by atoms with Gasteiger partial charge in [0, 0.05) is 18.6 Å². The van der Waals surface area contributed by atoms with Gasteiger partial charge in [-0.1, -0.05) is 29.8 Å². The van der Waals surface area contributed by atoms with Crippen LogP contribution < -0.4 is 0 Å². The molecular weight excluding hydrogens is 328 g/mol. The highest BCUT2D eigenvalue weighted by atomic mass is 79.9. The molecule has 0 spiro atoms. The molecule has 2 aromatic rings.